The molecule has 0 aliphatic rings. The summed E-state index contributed by atoms with van der Waals surface area (Å²) in [5, 5.41) is 19.0. The number of phenols is 1. The SMILES string of the molecule is NC(N)=NC[C@H](O)c1ccc(Br)c(O)c1. The number of nitrogens with two attached hydrogens (primary N) is 2. The first-order chi connectivity index (χ1) is 7.00. The Morgan fingerprint density at radius 1 is 1.47 bits per heavy atom. The number of aliphatic imine (C=N–C) groups is 1. The molecule has 0 aromatic heterocycles. The summed E-state index contributed by atoms with van der Waals surface area (Å²) in [6, 6.07) is 4.77. The fourth-order valence-electron chi connectivity index (χ4n) is 1.03. The van der Waals surface area contributed by atoms with Gasteiger partial charge in [-0.1, -0.05) is 6.07 Å². The van der Waals surface area contributed by atoms with Crippen molar-refractivity contribution in [3.8, 4) is 5.75 Å². The Balaban J connectivity index is 2.78. The number of phenolic OH excluding ortho intramolecular Hbond substituents is 1. The zero-order valence-electron chi connectivity index (χ0n) is 7.89. The van der Waals surface area contributed by atoms with Gasteiger partial charge < -0.3 is 21.7 Å². The van der Waals surface area contributed by atoms with Crippen LogP contribution < -0.4 is 11.5 Å². The first-order valence-corrected chi connectivity index (χ1v) is 5.02. The largest absolute Gasteiger partial charge is 0.507 e. The Morgan fingerprint density at radius 3 is 2.67 bits per heavy atom. The Bertz CT molecular complexity index is 378. The number of nitrogens with zero attached hydrogens (tertiary/aromatic N) is 1. The van der Waals surface area contributed by atoms with E-state index >= 15 is 0 Å². The number of benzene rings is 1. The zero-order valence-corrected chi connectivity index (χ0v) is 9.48. The standard InChI is InChI=1S/C9H12BrN3O2/c10-6-2-1-5(3-7(6)14)8(15)4-13-9(11)12/h1-3,8,14-15H,4H2,(H4,11,12,13)/t8-/m0/s1. The van der Waals surface area contributed by atoms with Crippen LogP contribution in [0.1, 0.15) is 11.7 Å². The molecule has 0 saturated carbocycles. The number of aliphatic hydroxyl groups excluding tert-OH is 1. The van der Waals surface area contributed by atoms with Gasteiger partial charge in [-0.05, 0) is 33.6 Å². The minimum Gasteiger partial charge on any atom is -0.507 e. The highest BCUT2D eigenvalue weighted by Gasteiger charge is 2.08. The van der Waals surface area contributed by atoms with Crippen LogP contribution in [0.4, 0.5) is 0 Å². The topological polar surface area (TPSA) is 105 Å². The van der Waals surface area contributed by atoms with E-state index in [9.17, 15) is 10.2 Å². The molecule has 5 nitrogen and oxygen atoms in total. The molecule has 15 heavy (non-hydrogen) atoms. The second-order valence-electron chi connectivity index (χ2n) is 2.99. The predicted molar refractivity (Wildman–Crippen MR) is 61.4 cm³/mol. The molecule has 6 heteroatoms. The normalized spacial score (nSPS) is 12.1. The van der Waals surface area contributed by atoms with Crippen molar-refractivity contribution in [3.05, 3.63) is 28.2 Å². The van der Waals surface area contributed by atoms with E-state index in [1.165, 1.54) is 6.07 Å². The maximum absolute atomic E-state index is 9.64. The monoisotopic (exact) mass is 273 g/mol. The fourth-order valence-corrected chi connectivity index (χ4v) is 1.28. The van der Waals surface area contributed by atoms with Crippen molar-refractivity contribution in [2.24, 2.45) is 16.5 Å². The van der Waals surface area contributed by atoms with Crippen LogP contribution in [0.15, 0.2) is 27.7 Å². The summed E-state index contributed by atoms with van der Waals surface area (Å²) in [7, 11) is 0. The molecule has 0 fully saturated rings. The van der Waals surface area contributed by atoms with Gasteiger partial charge in [-0.25, -0.2) is 0 Å². The van der Waals surface area contributed by atoms with E-state index in [1.54, 1.807) is 12.1 Å². The Kier molecular flexibility index (Phi) is 3.93. The fraction of sp³-hybridized carbons (Fsp3) is 0.222. The minimum absolute atomic E-state index is 0.0660. The zero-order chi connectivity index (χ0) is 11.4. The lowest BCUT2D eigenvalue weighted by atomic mass is 10.1. The van der Waals surface area contributed by atoms with E-state index in [2.05, 4.69) is 20.9 Å². The molecule has 1 atom stereocenters. The molecule has 1 aromatic carbocycles. The molecule has 0 unspecified atom stereocenters. The molecule has 0 radical (unpaired) electrons. The molecule has 0 saturated heterocycles. The lowest BCUT2D eigenvalue weighted by Gasteiger charge is -2.09. The first kappa shape index (κ1) is 11.8. The van der Waals surface area contributed by atoms with E-state index in [1.807, 2.05) is 0 Å². The van der Waals surface area contributed by atoms with Crippen molar-refractivity contribution in [3.63, 3.8) is 0 Å². The van der Waals surface area contributed by atoms with Crippen LogP contribution in [-0.4, -0.2) is 22.7 Å². The third kappa shape index (κ3) is 3.41. The van der Waals surface area contributed by atoms with Gasteiger partial charge in [0, 0.05) is 0 Å². The molecule has 0 aliphatic carbocycles. The number of aliphatic hydroxyl groups is 1. The summed E-state index contributed by atoms with van der Waals surface area (Å²) < 4.78 is 0.570. The van der Waals surface area contributed by atoms with Crippen molar-refractivity contribution in [2.45, 2.75) is 6.10 Å². The summed E-state index contributed by atoms with van der Waals surface area (Å²) in [5.41, 5.74) is 10.8. The third-order valence-corrected chi connectivity index (χ3v) is 2.47. The third-order valence-electron chi connectivity index (χ3n) is 1.80. The van der Waals surface area contributed by atoms with Gasteiger partial charge in [-0.3, -0.25) is 4.99 Å². The van der Waals surface area contributed by atoms with E-state index in [0.717, 1.165) is 0 Å². The number of rotatable bonds is 3. The molecular formula is C9H12BrN3O2. The molecule has 82 valence electrons. The Labute approximate surface area is 95.6 Å². The number of hydrogen-bond acceptors (Lipinski definition) is 3. The van der Waals surface area contributed by atoms with E-state index < -0.39 is 6.10 Å². The highest BCUT2D eigenvalue weighted by atomic mass is 79.9. The first-order valence-electron chi connectivity index (χ1n) is 4.22. The van der Waals surface area contributed by atoms with Gasteiger partial charge >= 0.3 is 0 Å². The summed E-state index contributed by atoms with van der Waals surface area (Å²) in [5.74, 6) is -0.00775. The van der Waals surface area contributed by atoms with Gasteiger partial charge in [0.1, 0.15) is 5.75 Å². The van der Waals surface area contributed by atoms with Gasteiger partial charge in [0.25, 0.3) is 0 Å². The van der Waals surface area contributed by atoms with Crippen LogP contribution in [0.25, 0.3) is 0 Å². The molecular weight excluding hydrogens is 262 g/mol. The molecule has 0 aliphatic heterocycles. The lowest BCUT2D eigenvalue weighted by Crippen LogP contribution is -2.23. The van der Waals surface area contributed by atoms with Gasteiger partial charge in [0.2, 0.25) is 0 Å². The van der Waals surface area contributed by atoms with Crippen molar-refractivity contribution < 1.29 is 10.2 Å². The molecule has 0 bridgehead atoms. The van der Waals surface area contributed by atoms with E-state index in [-0.39, 0.29) is 18.3 Å². The van der Waals surface area contributed by atoms with Crippen molar-refractivity contribution in [2.75, 3.05) is 6.54 Å². The van der Waals surface area contributed by atoms with Crippen molar-refractivity contribution in [1.29, 1.82) is 0 Å². The maximum atomic E-state index is 9.64. The van der Waals surface area contributed by atoms with Crippen LogP contribution in [0.2, 0.25) is 0 Å². The van der Waals surface area contributed by atoms with Crippen LogP contribution in [-0.2, 0) is 0 Å². The summed E-state index contributed by atoms with van der Waals surface area (Å²) in [6.45, 7) is 0.0728. The summed E-state index contributed by atoms with van der Waals surface area (Å²) in [6.07, 6.45) is -0.828. The minimum atomic E-state index is -0.828. The molecule has 1 aromatic rings. The van der Waals surface area contributed by atoms with Crippen LogP contribution in [0.5, 0.6) is 5.75 Å². The molecule has 6 N–H and O–H groups in total. The van der Waals surface area contributed by atoms with Crippen LogP contribution in [0.3, 0.4) is 0 Å². The quantitative estimate of drug-likeness (QED) is 0.474. The van der Waals surface area contributed by atoms with Gasteiger partial charge in [-0.15, -0.1) is 0 Å². The van der Waals surface area contributed by atoms with E-state index in [4.69, 9.17) is 11.5 Å². The molecule has 0 amide bonds. The maximum Gasteiger partial charge on any atom is 0.186 e. The number of aromatic hydroxyl groups is 1. The molecule has 0 heterocycles. The van der Waals surface area contributed by atoms with E-state index in [0.29, 0.717) is 10.0 Å². The average Bonchev–Trinajstić information content (AvgIpc) is 2.18. The second-order valence-corrected chi connectivity index (χ2v) is 3.85. The lowest BCUT2D eigenvalue weighted by molar-refractivity contribution is 0.187. The number of guanidine groups is 1. The van der Waals surface area contributed by atoms with Crippen molar-refractivity contribution >= 4 is 21.9 Å². The van der Waals surface area contributed by atoms with Gasteiger partial charge in [-0.2, -0.15) is 0 Å². The number of halogens is 1. The Morgan fingerprint density at radius 2 is 2.13 bits per heavy atom. The highest BCUT2D eigenvalue weighted by molar-refractivity contribution is 9.10. The predicted octanol–water partition coefficient (Wildman–Crippen LogP) is 0.462. The second kappa shape index (κ2) is 4.99. The average molecular weight is 274 g/mol. The number of hydrogen-bond donors (Lipinski definition) is 4. The Hall–Kier alpha value is -1.27. The molecule has 1 rings (SSSR count). The van der Waals surface area contributed by atoms with Crippen LogP contribution in [0, 0.1) is 0 Å². The highest BCUT2D eigenvalue weighted by Crippen LogP contribution is 2.27. The smallest absolute Gasteiger partial charge is 0.186 e. The molecule has 0 spiro atoms. The van der Waals surface area contributed by atoms with Crippen LogP contribution >= 0.6 is 15.9 Å². The summed E-state index contributed by atoms with van der Waals surface area (Å²) in [4.78, 5) is 3.68. The van der Waals surface area contributed by atoms with Gasteiger partial charge in [0.15, 0.2) is 5.96 Å². The summed E-state index contributed by atoms with van der Waals surface area (Å²) >= 11 is 3.14. The van der Waals surface area contributed by atoms with Crippen molar-refractivity contribution in [1.82, 2.24) is 0 Å². The van der Waals surface area contributed by atoms with Gasteiger partial charge in [0.05, 0.1) is 17.1 Å².